The van der Waals surface area contributed by atoms with Gasteiger partial charge in [0, 0.05) is 25.8 Å². The van der Waals surface area contributed by atoms with Gasteiger partial charge in [-0.1, -0.05) is 12.2 Å². The summed E-state index contributed by atoms with van der Waals surface area (Å²) >= 11 is 5.02. The fourth-order valence-corrected chi connectivity index (χ4v) is 4.20. The molecule has 2 N–H and O–H groups in total. The van der Waals surface area contributed by atoms with Crippen LogP contribution in [0.15, 0.2) is 18.3 Å². The molecule has 1 amide bonds. The lowest BCUT2D eigenvalue weighted by atomic mass is 10.3. The lowest BCUT2D eigenvalue weighted by Gasteiger charge is -2.34. The molecule has 1 aliphatic heterocycles. The van der Waals surface area contributed by atoms with Gasteiger partial charge in [0.1, 0.15) is 4.64 Å². The van der Waals surface area contributed by atoms with Gasteiger partial charge in [0.2, 0.25) is 10.0 Å². The van der Waals surface area contributed by atoms with Gasteiger partial charge >= 0.3 is 0 Å². The Hall–Kier alpha value is -1.29. The fraction of sp³-hybridized carbons (Fsp3) is 0.571. The third-order valence-corrected chi connectivity index (χ3v) is 5.63. The summed E-state index contributed by atoms with van der Waals surface area (Å²) in [5, 5.41) is 2.59. The number of ether oxygens (including phenoxy) is 1. The van der Waals surface area contributed by atoms with Crippen molar-refractivity contribution in [2.24, 2.45) is 0 Å². The second-order valence-electron chi connectivity index (χ2n) is 5.56. The Balaban J connectivity index is 1.91. The van der Waals surface area contributed by atoms with Crippen LogP contribution in [0.25, 0.3) is 0 Å². The van der Waals surface area contributed by atoms with Gasteiger partial charge in [-0.05, 0) is 26.0 Å². The van der Waals surface area contributed by atoms with Crippen molar-refractivity contribution in [3.8, 4) is 0 Å². The molecule has 7 nitrogen and oxygen atoms in total. The minimum Gasteiger partial charge on any atom is -0.373 e. The molecule has 1 fully saturated rings. The van der Waals surface area contributed by atoms with E-state index in [1.165, 1.54) is 4.31 Å². The Kier molecular flexibility index (Phi) is 5.90. The summed E-state index contributed by atoms with van der Waals surface area (Å²) in [6.07, 6.45) is 1.36. The summed E-state index contributed by atoms with van der Waals surface area (Å²) in [6.45, 7) is 4.40. The Bertz CT molecular complexity index is 707. The maximum atomic E-state index is 12.4. The minimum atomic E-state index is -3.43. The Morgan fingerprint density at radius 3 is 2.70 bits per heavy atom. The maximum Gasteiger partial charge on any atom is 0.254 e. The number of nitrogens with one attached hydrogen (secondary N) is 2. The molecule has 9 heteroatoms. The second-order valence-corrected chi connectivity index (χ2v) is 8.06. The number of amides is 1. The number of aromatic amines is 1. The van der Waals surface area contributed by atoms with Crippen molar-refractivity contribution < 1.29 is 17.9 Å². The third kappa shape index (κ3) is 4.84. The van der Waals surface area contributed by atoms with Gasteiger partial charge in [-0.25, -0.2) is 8.42 Å². The molecule has 23 heavy (non-hydrogen) atoms. The summed E-state index contributed by atoms with van der Waals surface area (Å²) in [4.78, 5) is 14.8. The van der Waals surface area contributed by atoms with E-state index < -0.39 is 10.0 Å². The van der Waals surface area contributed by atoms with Crippen LogP contribution in [0, 0.1) is 4.64 Å². The van der Waals surface area contributed by atoms with Gasteiger partial charge in [0.05, 0.1) is 23.5 Å². The van der Waals surface area contributed by atoms with Crippen molar-refractivity contribution in [2.45, 2.75) is 26.1 Å². The lowest BCUT2D eigenvalue weighted by Crippen LogP contribution is -2.49. The second kappa shape index (κ2) is 7.52. The first-order chi connectivity index (χ1) is 10.8. The first kappa shape index (κ1) is 18.1. The number of morpholine rings is 1. The summed E-state index contributed by atoms with van der Waals surface area (Å²) in [5.41, 5.74) is 0.327. The van der Waals surface area contributed by atoms with Crippen LogP contribution < -0.4 is 5.32 Å². The standard InChI is InChI=1S/C14H21N3O4S2/c1-10-8-17(9-11(2)21-10)23(19,20)7-6-15-13(18)12-4-3-5-16-14(12)22/h3-5,10-11H,6-9H2,1-2H3,(H,15,18)(H,16,22)/t10-,11-/m1/s1. The zero-order valence-electron chi connectivity index (χ0n) is 13.1. The van der Waals surface area contributed by atoms with Crippen LogP contribution >= 0.6 is 12.2 Å². The van der Waals surface area contributed by atoms with E-state index in [4.69, 9.17) is 17.0 Å². The number of carbonyl (C=O) groups excluding carboxylic acids is 1. The summed E-state index contributed by atoms with van der Waals surface area (Å²) in [6, 6.07) is 3.26. The predicted octanol–water partition coefficient (Wildman–Crippen LogP) is 0.913. The van der Waals surface area contributed by atoms with Crippen LogP contribution in [0.4, 0.5) is 0 Å². The smallest absolute Gasteiger partial charge is 0.254 e. The van der Waals surface area contributed by atoms with Crippen molar-refractivity contribution >= 4 is 28.1 Å². The first-order valence-electron chi connectivity index (χ1n) is 7.39. The van der Waals surface area contributed by atoms with Crippen molar-refractivity contribution in [3.05, 3.63) is 28.5 Å². The van der Waals surface area contributed by atoms with Crippen molar-refractivity contribution in [1.29, 1.82) is 0 Å². The van der Waals surface area contributed by atoms with Gasteiger partial charge in [-0.2, -0.15) is 4.31 Å². The predicted molar refractivity (Wildman–Crippen MR) is 89.3 cm³/mol. The third-order valence-electron chi connectivity index (χ3n) is 3.49. The van der Waals surface area contributed by atoms with Gasteiger partial charge in [0.15, 0.2) is 0 Å². The number of aromatic nitrogens is 1. The highest BCUT2D eigenvalue weighted by molar-refractivity contribution is 7.89. The molecule has 0 saturated carbocycles. The Morgan fingerprint density at radius 2 is 2.09 bits per heavy atom. The van der Waals surface area contributed by atoms with Crippen LogP contribution in [0.2, 0.25) is 0 Å². The Morgan fingerprint density at radius 1 is 1.43 bits per heavy atom. The molecule has 2 rings (SSSR count). The number of nitrogens with zero attached hydrogens (tertiary/aromatic N) is 1. The molecule has 1 aliphatic rings. The zero-order valence-corrected chi connectivity index (χ0v) is 14.7. The van der Waals surface area contributed by atoms with E-state index in [1.807, 2.05) is 13.8 Å². The molecule has 1 aromatic heterocycles. The van der Waals surface area contributed by atoms with E-state index >= 15 is 0 Å². The first-order valence-corrected chi connectivity index (χ1v) is 9.40. The topological polar surface area (TPSA) is 91.5 Å². The Labute approximate surface area is 141 Å². The van der Waals surface area contributed by atoms with Crippen molar-refractivity contribution in [2.75, 3.05) is 25.4 Å². The molecule has 0 bridgehead atoms. The van der Waals surface area contributed by atoms with Gasteiger partial charge in [0.25, 0.3) is 5.91 Å². The highest BCUT2D eigenvalue weighted by atomic mass is 32.2. The van der Waals surface area contributed by atoms with Crippen molar-refractivity contribution in [3.63, 3.8) is 0 Å². The van der Waals surface area contributed by atoms with Gasteiger partial charge < -0.3 is 15.0 Å². The molecule has 0 aromatic carbocycles. The van der Waals surface area contributed by atoms with E-state index in [-0.39, 0.29) is 30.4 Å². The average Bonchev–Trinajstić information content (AvgIpc) is 2.46. The molecular weight excluding hydrogens is 338 g/mol. The van der Waals surface area contributed by atoms with Crippen molar-refractivity contribution in [1.82, 2.24) is 14.6 Å². The quantitative estimate of drug-likeness (QED) is 0.763. The number of hydrogen-bond acceptors (Lipinski definition) is 5. The van der Waals surface area contributed by atoms with E-state index in [2.05, 4.69) is 10.3 Å². The molecule has 0 spiro atoms. The summed E-state index contributed by atoms with van der Waals surface area (Å²) in [5.74, 6) is -0.535. The average molecular weight is 359 g/mol. The van der Waals surface area contributed by atoms with E-state index in [1.54, 1.807) is 18.3 Å². The number of H-pyrrole nitrogens is 1. The number of rotatable bonds is 5. The van der Waals surface area contributed by atoms with Gasteiger partial charge in [-0.15, -0.1) is 0 Å². The van der Waals surface area contributed by atoms with Crippen LogP contribution in [0.1, 0.15) is 24.2 Å². The SMILES string of the molecule is C[C@@H]1CN(S(=O)(=O)CCNC(=O)c2ccc[nH]c2=S)C[C@@H](C)O1. The normalized spacial score (nSPS) is 22.7. The highest BCUT2D eigenvalue weighted by Gasteiger charge is 2.30. The molecule has 0 aliphatic carbocycles. The summed E-state index contributed by atoms with van der Waals surface area (Å²) in [7, 11) is -3.43. The molecule has 1 aromatic rings. The van der Waals surface area contributed by atoms with Gasteiger partial charge in [-0.3, -0.25) is 4.79 Å². The lowest BCUT2D eigenvalue weighted by molar-refractivity contribution is -0.0440. The van der Waals surface area contributed by atoms with E-state index in [0.717, 1.165) is 0 Å². The zero-order chi connectivity index (χ0) is 17.0. The molecule has 0 unspecified atom stereocenters. The highest BCUT2D eigenvalue weighted by Crippen LogP contribution is 2.14. The molecule has 128 valence electrons. The maximum absolute atomic E-state index is 12.4. The number of sulfonamides is 1. The van der Waals surface area contributed by atoms with Crippen LogP contribution in [-0.2, 0) is 14.8 Å². The van der Waals surface area contributed by atoms with E-state index in [0.29, 0.717) is 23.3 Å². The number of carbonyl (C=O) groups is 1. The minimum absolute atomic E-state index is 0.0327. The van der Waals surface area contributed by atoms with Crippen LogP contribution in [-0.4, -0.2) is 61.2 Å². The van der Waals surface area contributed by atoms with Crippen LogP contribution in [0.3, 0.4) is 0 Å². The number of hydrogen-bond donors (Lipinski definition) is 2. The molecule has 2 heterocycles. The number of pyridine rings is 1. The summed E-state index contributed by atoms with van der Waals surface area (Å²) < 4.78 is 32.0. The largest absolute Gasteiger partial charge is 0.373 e. The monoisotopic (exact) mass is 359 g/mol. The van der Waals surface area contributed by atoms with Crippen LogP contribution in [0.5, 0.6) is 0 Å². The molecule has 0 radical (unpaired) electrons. The molecular formula is C14H21N3O4S2. The molecule has 1 saturated heterocycles. The fourth-order valence-electron chi connectivity index (χ4n) is 2.48. The molecule has 2 atom stereocenters. The van der Waals surface area contributed by atoms with E-state index in [9.17, 15) is 13.2 Å².